The van der Waals surface area contributed by atoms with E-state index < -0.39 is 5.82 Å². The second-order valence-electron chi connectivity index (χ2n) is 6.76. The minimum atomic E-state index is -0.447. The molecule has 0 fully saturated rings. The lowest BCUT2D eigenvalue weighted by molar-refractivity contribution is 0.383. The molecule has 6 heteroatoms. The van der Waals surface area contributed by atoms with Crippen molar-refractivity contribution in [2.45, 2.75) is 6.54 Å². The maximum absolute atomic E-state index is 13.7. The van der Waals surface area contributed by atoms with Crippen molar-refractivity contribution in [3.63, 3.8) is 0 Å². The van der Waals surface area contributed by atoms with Crippen molar-refractivity contribution in [2.75, 3.05) is 28.3 Å². The minimum Gasteiger partial charge on any atom is -0.496 e. The average molecular weight is 370 g/mol. The van der Waals surface area contributed by atoms with Crippen molar-refractivity contribution in [1.29, 1.82) is 0 Å². The molecule has 1 heterocycles. The van der Waals surface area contributed by atoms with Gasteiger partial charge in [-0.15, -0.1) is 0 Å². The monoisotopic (exact) mass is 370 g/mol. The highest BCUT2D eigenvalue weighted by Crippen LogP contribution is 2.42. The lowest BCUT2D eigenvalue weighted by atomic mass is 9.97. The van der Waals surface area contributed by atoms with E-state index >= 15 is 0 Å². The Balaban J connectivity index is 2.37. The van der Waals surface area contributed by atoms with Crippen LogP contribution in [0.25, 0.3) is 21.9 Å². The highest BCUT2D eigenvalue weighted by atomic mass is 19.1. The largest absolute Gasteiger partial charge is 0.496 e. The van der Waals surface area contributed by atoms with E-state index in [0.717, 1.165) is 23.2 Å². The van der Waals surface area contributed by atoms with Crippen LogP contribution in [0, 0.1) is 5.82 Å². The van der Waals surface area contributed by atoms with Gasteiger partial charge < -0.3 is 18.9 Å². The van der Waals surface area contributed by atoms with E-state index in [0.29, 0.717) is 22.3 Å². The standard InChI is InChI=1S/C21H23FN2O3/c1-23(2)11-13-8-18(26-4)20(19(9-13)27-5)17-12-24(3)21(25)16-10-14(22)6-7-15(16)17/h6-10,12H,11H2,1-5H3. The highest BCUT2D eigenvalue weighted by molar-refractivity contribution is 5.99. The van der Waals surface area contributed by atoms with Crippen molar-refractivity contribution >= 4 is 10.8 Å². The second-order valence-corrected chi connectivity index (χ2v) is 6.76. The Labute approximate surface area is 157 Å². The molecule has 3 rings (SSSR count). The Morgan fingerprint density at radius 3 is 2.22 bits per heavy atom. The predicted octanol–water partition coefficient (Wildman–Crippen LogP) is 3.42. The molecule has 0 N–H and O–H groups in total. The number of hydrogen-bond acceptors (Lipinski definition) is 4. The summed E-state index contributed by atoms with van der Waals surface area (Å²) < 4.78 is 26.5. The van der Waals surface area contributed by atoms with Crippen LogP contribution in [0.3, 0.4) is 0 Å². The van der Waals surface area contributed by atoms with Crippen LogP contribution >= 0.6 is 0 Å². The lowest BCUT2D eigenvalue weighted by Gasteiger charge is -2.19. The van der Waals surface area contributed by atoms with Gasteiger partial charge in [0.2, 0.25) is 0 Å². The number of fused-ring (bicyclic) bond motifs is 1. The summed E-state index contributed by atoms with van der Waals surface area (Å²) >= 11 is 0. The molecule has 0 spiro atoms. The molecule has 1 aromatic heterocycles. The number of aryl methyl sites for hydroxylation is 1. The van der Waals surface area contributed by atoms with E-state index in [1.807, 2.05) is 26.2 Å². The fraction of sp³-hybridized carbons (Fsp3) is 0.286. The van der Waals surface area contributed by atoms with Crippen LogP contribution in [0.4, 0.5) is 4.39 Å². The van der Waals surface area contributed by atoms with E-state index in [2.05, 4.69) is 4.90 Å². The summed E-state index contributed by atoms with van der Waals surface area (Å²) in [6, 6.07) is 8.15. The molecule has 2 aromatic carbocycles. The molecule has 0 bridgehead atoms. The Kier molecular flexibility index (Phi) is 5.19. The Hall–Kier alpha value is -2.86. The van der Waals surface area contributed by atoms with Crippen LogP contribution in [-0.4, -0.2) is 37.8 Å². The van der Waals surface area contributed by atoms with Gasteiger partial charge in [0.05, 0.1) is 25.2 Å². The summed E-state index contributed by atoms with van der Waals surface area (Å²) in [5.74, 6) is 0.822. The molecule has 142 valence electrons. The van der Waals surface area contributed by atoms with Crippen LogP contribution in [-0.2, 0) is 13.6 Å². The van der Waals surface area contributed by atoms with Crippen molar-refractivity contribution in [1.82, 2.24) is 9.47 Å². The molecule has 27 heavy (non-hydrogen) atoms. The predicted molar refractivity (Wildman–Crippen MR) is 105 cm³/mol. The van der Waals surface area contributed by atoms with E-state index in [1.54, 1.807) is 33.5 Å². The second kappa shape index (κ2) is 7.40. The van der Waals surface area contributed by atoms with Crippen molar-refractivity contribution in [3.8, 4) is 22.6 Å². The molecule has 0 unspecified atom stereocenters. The number of nitrogens with zero attached hydrogens (tertiary/aromatic N) is 2. The molecule has 0 amide bonds. The average Bonchev–Trinajstić information content (AvgIpc) is 2.63. The van der Waals surface area contributed by atoms with Crippen molar-refractivity contribution in [2.24, 2.45) is 7.05 Å². The molecule has 0 aliphatic carbocycles. The number of ether oxygens (including phenoxy) is 2. The first-order valence-electron chi connectivity index (χ1n) is 8.54. The molecule has 5 nitrogen and oxygen atoms in total. The molecule has 0 aliphatic rings. The number of methoxy groups -OCH3 is 2. The van der Waals surface area contributed by atoms with Gasteiger partial charge in [-0.3, -0.25) is 4.79 Å². The molecule has 0 atom stereocenters. The number of hydrogen-bond donors (Lipinski definition) is 0. The van der Waals surface area contributed by atoms with E-state index in [9.17, 15) is 9.18 Å². The summed E-state index contributed by atoms with van der Waals surface area (Å²) in [5.41, 5.74) is 2.26. The molecule has 0 radical (unpaired) electrons. The fourth-order valence-electron chi connectivity index (χ4n) is 3.33. The fourth-order valence-corrected chi connectivity index (χ4v) is 3.33. The maximum Gasteiger partial charge on any atom is 0.258 e. The number of halogens is 1. The van der Waals surface area contributed by atoms with Gasteiger partial charge in [0.15, 0.2) is 0 Å². The minimum absolute atomic E-state index is 0.254. The summed E-state index contributed by atoms with van der Waals surface area (Å²) in [6.45, 7) is 0.728. The van der Waals surface area contributed by atoms with Crippen LogP contribution in [0.2, 0.25) is 0 Å². The van der Waals surface area contributed by atoms with Gasteiger partial charge in [-0.25, -0.2) is 4.39 Å². The quantitative estimate of drug-likeness (QED) is 0.690. The summed E-state index contributed by atoms with van der Waals surface area (Å²) in [6.07, 6.45) is 1.73. The zero-order valence-electron chi connectivity index (χ0n) is 16.2. The molecular formula is C21H23FN2O3. The normalized spacial score (nSPS) is 11.2. The summed E-state index contributed by atoms with van der Waals surface area (Å²) in [4.78, 5) is 14.5. The van der Waals surface area contributed by atoms with Gasteiger partial charge in [0.25, 0.3) is 5.56 Å². The molecule has 0 aliphatic heterocycles. The topological polar surface area (TPSA) is 43.7 Å². The third-order valence-corrected chi connectivity index (χ3v) is 4.48. The zero-order chi connectivity index (χ0) is 19.7. The van der Waals surface area contributed by atoms with E-state index in [4.69, 9.17) is 9.47 Å². The SMILES string of the molecule is COc1cc(CN(C)C)cc(OC)c1-c1cn(C)c(=O)c2cc(F)ccc12. The van der Waals surface area contributed by atoms with Gasteiger partial charge in [-0.05, 0) is 49.3 Å². The molecule has 3 aromatic rings. The van der Waals surface area contributed by atoms with Crippen molar-refractivity contribution < 1.29 is 13.9 Å². The Morgan fingerprint density at radius 1 is 1.04 bits per heavy atom. The van der Waals surface area contributed by atoms with Gasteiger partial charge in [0.1, 0.15) is 17.3 Å². The third-order valence-electron chi connectivity index (χ3n) is 4.48. The zero-order valence-corrected chi connectivity index (χ0v) is 16.2. The van der Waals surface area contributed by atoms with Crippen LogP contribution in [0.15, 0.2) is 41.3 Å². The number of rotatable bonds is 5. The summed E-state index contributed by atoms with van der Waals surface area (Å²) in [5, 5.41) is 0.966. The summed E-state index contributed by atoms with van der Waals surface area (Å²) in [7, 11) is 8.82. The first-order valence-corrected chi connectivity index (χ1v) is 8.54. The highest BCUT2D eigenvalue weighted by Gasteiger charge is 2.19. The van der Waals surface area contributed by atoms with Crippen LogP contribution in [0.5, 0.6) is 11.5 Å². The number of aromatic nitrogens is 1. The maximum atomic E-state index is 13.7. The van der Waals surface area contributed by atoms with Gasteiger partial charge >= 0.3 is 0 Å². The molecule has 0 saturated heterocycles. The van der Waals surface area contributed by atoms with Crippen LogP contribution in [0.1, 0.15) is 5.56 Å². The Bertz CT molecular complexity index is 1030. The third kappa shape index (κ3) is 3.53. The van der Waals surface area contributed by atoms with E-state index in [1.165, 1.54) is 16.7 Å². The number of benzene rings is 2. The molecule has 0 saturated carbocycles. The van der Waals surface area contributed by atoms with Crippen molar-refractivity contribution in [3.05, 3.63) is 58.3 Å². The van der Waals surface area contributed by atoms with Gasteiger partial charge in [-0.1, -0.05) is 6.07 Å². The number of pyridine rings is 1. The van der Waals surface area contributed by atoms with Crippen LogP contribution < -0.4 is 15.0 Å². The smallest absolute Gasteiger partial charge is 0.258 e. The van der Waals surface area contributed by atoms with Gasteiger partial charge in [0, 0.05) is 25.4 Å². The first kappa shape index (κ1) is 18.9. The van der Waals surface area contributed by atoms with E-state index in [-0.39, 0.29) is 5.56 Å². The van der Waals surface area contributed by atoms with Gasteiger partial charge in [-0.2, -0.15) is 0 Å². The first-order chi connectivity index (χ1) is 12.8. The Morgan fingerprint density at radius 2 is 1.67 bits per heavy atom. The lowest BCUT2D eigenvalue weighted by Crippen LogP contribution is -2.17. The molecular weight excluding hydrogens is 347 g/mol.